The lowest BCUT2D eigenvalue weighted by atomic mass is 10.2. The number of hydrogen-bond acceptors (Lipinski definition) is 7. The van der Waals surface area contributed by atoms with Crippen LogP contribution in [0.1, 0.15) is 26.7 Å². The molecule has 0 amide bonds. The number of benzene rings is 1. The van der Waals surface area contributed by atoms with Gasteiger partial charge in [0.25, 0.3) is 0 Å². The minimum absolute atomic E-state index is 0.0381. The molecule has 0 aliphatic carbocycles. The molecule has 0 aliphatic rings. The zero-order chi connectivity index (χ0) is 16.7. The molecule has 0 aliphatic heterocycles. The van der Waals surface area contributed by atoms with E-state index in [0.717, 1.165) is 36.5 Å². The van der Waals surface area contributed by atoms with Gasteiger partial charge >= 0.3 is 5.00 Å². The van der Waals surface area contributed by atoms with Crippen molar-refractivity contribution >= 4 is 32.8 Å². The largest absolute Gasteiger partial charge is 0.372 e. The average molecular weight is 333 g/mol. The van der Waals surface area contributed by atoms with E-state index < -0.39 is 4.92 Å². The summed E-state index contributed by atoms with van der Waals surface area (Å²) in [5.41, 5.74) is 1.85. The van der Waals surface area contributed by atoms with Crippen LogP contribution in [0.25, 0.3) is 0 Å². The first-order valence-electron chi connectivity index (χ1n) is 7.51. The SMILES string of the molecule is CCCCN(CC)c1ccc(N=Nc2ncc([N+](=O)[O-])s2)cc1. The van der Waals surface area contributed by atoms with Crippen molar-refractivity contribution in [1.82, 2.24) is 4.98 Å². The van der Waals surface area contributed by atoms with Gasteiger partial charge in [-0.2, -0.15) is 0 Å². The van der Waals surface area contributed by atoms with E-state index in [1.54, 1.807) is 0 Å². The third kappa shape index (κ3) is 4.82. The molecule has 0 bridgehead atoms. The van der Waals surface area contributed by atoms with Crippen LogP contribution in [0.15, 0.2) is 40.7 Å². The van der Waals surface area contributed by atoms with Crippen molar-refractivity contribution in [3.05, 3.63) is 40.6 Å². The van der Waals surface area contributed by atoms with Gasteiger partial charge in [-0.25, -0.2) is 4.98 Å². The average Bonchev–Trinajstić information content (AvgIpc) is 3.04. The van der Waals surface area contributed by atoms with Crippen LogP contribution in [0, 0.1) is 10.1 Å². The minimum Gasteiger partial charge on any atom is -0.372 e. The van der Waals surface area contributed by atoms with E-state index >= 15 is 0 Å². The molecule has 0 fully saturated rings. The summed E-state index contributed by atoms with van der Waals surface area (Å²) < 4.78 is 0. The fourth-order valence-corrected chi connectivity index (χ4v) is 2.59. The summed E-state index contributed by atoms with van der Waals surface area (Å²) in [4.78, 5) is 16.3. The molecule has 2 aromatic rings. The lowest BCUT2D eigenvalue weighted by Crippen LogP contribution is -2.23. The molecule has 0 radical (unpaired) electrons. The lowest BCUT2D eigenvalue weighted by Gasteiger charge is -2.22. The van der Waals surface area contributed by atoms with E-state index in [9.17, 15) is 10.1 Å². The van der Waals surface area contributed by atoms with Gasteiger partial charge in [0.05, 0.1) is 10.6 Å². The van der Waals surface area contributed by atoms with Crippen molar-refractivity contribution < 1.29 is 4.92 Å². The Hall–Kier alpha value is -2.35. The molecule has 1 heterocycles. The Balaban J connectivity index is 2.03. The van der Waals surface area contributed by atoms with E-state index in [1.807, 2.05) is 24.3 Å². The number of azo groups is 1. The molecule has 8 heteroatoms. The molecule has 7 nitrogen and oxygen atoms in total. The maximum absolute atomic E-state index is 10.6. The number of hydrogen-bond donors (Lipinski definition) is 0. The van der Waals surface area contributed by atoms with Gasteiger partial charge in [0, 0.05) is 18.8 Å². The second-order valence-electron chi connectivity index (χ2n) is 4.89. The highest BCUT2D eigenvalue weighted by molar-refractivity contribution is 7.18. The van der Waals surface area contributed by atoms with Gasteiger partial charge in [-0.05, 0) is 48.9 Å². The molecule has 0 spiro atoms. The Bertz CT molecular complexity index is 669. The van der Waals surface area contributed by atoms with Gasteiger partial charge in [-0.15, -0.1) is 10.2 Å². The number of aromatic nitrogens is 1. The summed E-state index contributed by atoms with van der Waals surface area (Å²) in [6, 6.07) is 7.79. The second-order valence-corrected chi connectivity index (χ2v) is 5.88. The van der Waals surface area contributed by atoms with Crippen LogP contribution < -0.4 is 4.90 Å². The Morgan fingerprint density at radius 1 is 1.26 bits per heavy atom. The third-order valence-electron chi connectivity index (χ3n) is 3.29. The van der Waals surface area contributed by atoms with Crippen LogP contribution in [-0.4, -0.2) is 23.0 Å². The molecule has 122 valence electrons. The molecule has 23 heavy (non-hydrogen) atoms. The Labute approximate surface area is 138 Å². The van der Waals surface area contributed by atoms with Gasteiger partial charge in [0.1, 0.15) is 6.20 Å². The van der Waals surface area contributed by atoms with Gasteiger partial charge < -0.3 is 4.90 Å². The molecular formula is C15H19N5O2S. The summed E-state index contributed by atoms with van der Waals surface area (Å²) in [5, 5.41) is 18.8. The van der Waals surface area contributed by atoms with Crippen molar-refractivity contribution in [2.75, 3.05) is 18.0 Å². The molecule has 0 unspecified atom stereocenters. The zero-order valence-corrected chi connectivity index (χ0v) is 14.0. The molecule has 0 saturated heterocycles. The summed E-state index contributed by atoms with van der Waals surface area (Å²) in [6.07, 6.45) is 3.52. The van der Waals surface area contributed by atoms with Crippen LogP contribution in [-0.2, 0) is 0 Å². The minimum atomic E-state index is -0.485. The maximum atomic E-state index is 10.6. The third-order valence-corrected chi connectivity index (χ3v) is 4.12. The summed E-state index contributed by atoms with van der Waals surface area (Å²) >= 11 is 0.902. The molecule has 0 N–H and O–H groups in total. The van der Waals surface area contributed by atoms with Crippen molar-refractivity contribution in [2.45, 2.75) is 26.7 Å². The first-order chi connectivity index (χ1) is 11.1. The highest BCUT2D eigenvalue weighted by Gasteiger charge is 2.10. The van der Waals surface area contributed by atoms with Crippen molar-refractivity contribution in [3.8, 4) is 0 Å². The fourth-order valence-electron chi connectivity index (χ4n) is 2.04. The molecule has 1 aromatic heterocycles. The summed E-state index contributed by atoms with van der Waals surface area (Å²) in [5.74, 6) is 0. The smallest absolute Gasteiger partial charge is 0.345 e. The predicted molar refractivity (Wildman–Crippen MR) is 92.2 cm³/mol. The first-order valence-corrected chi connectivity index (χ1v) is 8.32. The van der Waals surface area contributed by atoms with E-state index in [2.05, 4.69) is 34.0 Å². The van der Waals surface area contributed by atoms with Crippen molar-refractivity contribution in [2.24, 2.45) is 10.2 Å². The number of thiazole rings is 1. The van der Waals surface area contributed by atoms with E-state index in [1.165, 1.54) is 12.6 Å². The van der Waals surface area contributed by atoms with Crippen molar-refractivity contribution in [3.63, 3.8) is 0 Å². The number of anilines is 1. The van der Waals surface area contributed by atoms with Crippen LogP contribution in [0.5, 0.6) is 0 Å². The standard InChI is InChI=1S/C15H19N5O2S/c1-3-5-10-19(4-2)13-8-6-12(7-9-13)17-18-15-16-11-14(23-15)20(21)22/h6-9,11H,3-5,10H2,1-2H3. The fraction of sp³-hybridized carbons (Fsp3) is 0.400. The predicted octanol–water partition coefficient (Wildman–Crippen LogP) is 5.09. The zero-order valence-electron chi connectivity index (χ0n) is 13.2. The van der Waals surface area contributed by atoms with E-state index in [0.29, 0.717) is 5.69 Å². The molecule has 2 rings (SSSR count). The summed E-state index contributed by atoms with van der Waals surface area (Å²) in [7, 11) is 0. The van der Waals surface area contributed by atoms with E-state index in [-0.39, 0.29) is 10.1 Å². The Morgan fingerprint density at radius 3 is 2.57 bits per heavy atom. The molecule has 1 aromatic carbocycles. The number of rotatable bonds is 8. The normalized spacial score (nSPS) is 11.0. The van der Waals surface area contributed by atoms with Gasteiger partial charge in [0.2, 0.25) is 5.13 Å². The number of nitro groups is 1. The highest BCUT2D eigenvalue weighted by atomic mass is 32.1. The number of unbranched alkanes of at least 4 members (excludes halogenated alkanes) is 1. The maximum Gasteiger partial charge on any atom is 0.345 e. The summed E-state index contributed by atoms with van der Waals surface area (Å²) in [6.45, 7) is 6.32. The molecular weight excluding hydrogens is 314 g/mol. The molecule has 0 atom stereocenters. The first kappa shape index (κ1) is 17.0. The van der Waals surface area contributed by atoms with Crippen LogP contribution in [0.4, 0.5) is 21.5 Å². The quantitative estimate of drug-likeness (QED) is 0.382. The van der Waals surface area contributed by atoms with Crippen molar-refractivity contribution in [1.29, 1.82) is 0 Å². The Morgan fingerprint density at radius 2 is 2.00 bits per heavy atom. The molecule has 0 saturated carbocycles. The van der Waals surface area contributed by atoms with Gasteiger partial charge in [0.15, 0.2) is 0 Å². The van der Waals surface area contributed by atoms with Crippen LogP contribution in [0.2, 0.25) is 0 Å². The van der Waals surface area contributed by atoms with Gasteiger partial charge in [-0.3, -0.25) is 10.1 Å². The van der Waals surface area contributed by atoms with Gasteiger partial charge in [-0.1, -0.05) is 13.3 Å². The van der Waals surface area contributed by atoms with Crippen LogP contribution >= 0.6 is 11.3 Å². The topological polar surface area (TPSA) is 84.0 Å². The highest BCUT2D eigenvalue weighted by Crippen LogP contribution is 2.29. The Kier molecular flexibility index (Phi) is 6.16. The van der Waals surface area contributed by atoms with E-state index in [4.69, 9.17) is 0 Å². The number of nitrogens with zero attached hydrogens (tertiary/aromatic N) is 5. The second kappa shape index (κ2) is 8.33. The van der Waals surface area contributed by atoms with Crippen LogP contribution in [0.3, 0.4) is 0 Å². The monoisotopic (exact) mass is 333 g/mol. The lowest BCUT2D eigenvalue weighted by molar-refractivity contribution is -0.380.